The van der Waals surface area contributed by atoms with Gasteiger partial charge in [-0.3, -0.25) is 29.4 Å². The fourth-order valence-corrected chi connectivity index (χ4v) is 4.32. The molecular formula is C23H19N3O7S. The third-order valence-corrected chi connectivity index (χ3v) is 6.16. The summed E-state index contributed by atoms with van der Waals surface area (Å²) in [5, 5.41) is 13.0. The van der Waals surface area contributed by atoms with Gasteiger partial charge in [0.25, 0.3) is 5.69 Å². The number of ether oxygens (including phenoxy) is 2. The van der Waals surface area contributed by atoms with Crippen molar-refractivity contribution < 1.29 is 28.8 Å². The van der Waals surface area contributed by atoms with Crippen LogP contribution >= 0.6 is 11.3 Å². The number of ketones is 1. The van der Waals surface area contributed by atoms with Crippen LogP contribution in [0, 0.1) is 16.0 Å². The van der Waals surface area contributed by atoms with Crippen LogP contribution < -0.4 is 9.64 Å². The first-order chi connectivity index (χ1) is 16.4. The highest BCUT2D eigenvalue weighted by Crippen LogP contribution is 2.33. The molecule has 2 heterocycles. The van der Waals surface area contributed by atoms with Crippen molar-refractivity contribution in [1.82, 2.24) is 4.98 Å². The summed E-state index contributed by atoms with van der Waals surface area (Å²) in [7, 11) is 1.58. The van der Waals surface area contributed by atoms with Gasteiger partial charge in [-0.15, -0.1) is 11.3 Å². The van der Waals surface area contributed by atoms with Gasteiger partial charge in [-0.25, -0.2) is 4.98 Å². The number of methoxy groups -OCH3 is 1. The number of thiazole rings is 1. The number of aromatic nitrogens is 1. The lowest BCUT2D eigenvalue weighted by atomic mass is 10.1. The minimum absolute atomic E-state index is 0.0430. The predicted octanol–water partition coefficient (Wildman–Crippen LogP) is 3.51. The second-order valence-corrected chi connectivity index (χ2v) is 8.32. The third kappa shape index (κ3) is 4.94. The van der Waals surface area contributed by atoms with Crippen molar-refractivity contribution in [3.05, 3.63) is 69.6 Å². The second-order valence-electron chi connectivity index (χ2n) is 7.49. The maximum atomic E-state index is 12.5. The highest BCUT2D eigenvalue weighted by Gasteiger charge is 2.37. The summed E-state index contributed by atoms with van der Waals surface area (Å²) in [6.07, 6.45) is -0.0430. The van der Waals surface area contributed by atoms with E-state index in [-0.39, 0.29) is 30.1 Å². The number of carbonyl (C=O) groups is 3. The summed E-state index contributed by atoms with van der Waals surface area (Å²) in [4.78, 5) is 53.3. The Balaban J connectivity index is 1.36. The molecule has 1 amide bonds. The zero-order chi connectivity index (χ0) is 24.2. The van der Waals surface area contributed by atoms with Crippen LogP contribution in [-0.2, 0) is 14.3 Å². The van der Waals surface area contributed by atoms with Gasteiger partial charge in [-0.1, -0.05) is 12.1 Å². The largest absolute Gasteiger partial charge is 0.497 e. The summed E-state index contributed by atoms with van der Waals surface area (Å²) in [6, 6.07) is 12.4. The average Bonchev–Trinajstić information content (AvgIpc) is 3.49. The molecule has 0 N–H and O–H groups in total. The molecule has 3 aromatic rings. The lowest BCUT2D eigenvalue weighted by Crippen LogP contribution is -2.27. The van der Waals surface area contributed by atoms with Crippen LogP contribution in [-0.4, -0.2) is 47.8 Å². The molecule has 174 valence electrons. The van der Waals surface area contributed by atoms with Crippen molar-refractivity contribution in [1.29, 1.82) is 0 Å². The van der Waals surface area contributed by atoms with Crippen LogP contribution in [0.3, 0.4) is 0 Å². The van der Waals surface area contributed by atoms with Gasteiger partial charge in [0.05, 0.1) is 23.6 Å². The van der Waals surface area contributed by atoms with E-state index in [1.165, 1.54) is 40.5 Å². The summed E-state index contributed by atoms with van der Waals surface area (Å²) in [5.41, 5.74) is 1.57. The first-order valence-corrected chi connectivity index (χ1v) is 11.1. The molecule has 1 aliphatic heterocycles. The average molecular weight is 481 g/mol. The molecule has 1 saturated heterocycles. The fraction of sp³-hybridized carbons (Fsp3) is 0.217. The molecule has 0 aliphatic carbocycles. The van der Waals surface area contributed by atoms with Gasteiger partial charge in [0.15, 0.2) is 17.5 Å². The summed E-state index contributed by atoms with van der Waals surface area (Å²) < 4.78 is 10.4. The molecule has 11 heteroatoms. The first kappa shape index (κ1) is 23.1. The van der Waals surface area contributed by atoms with Crippen molar-refractivity contribution in [2.45, 2.75) is 6.42 Å². The molecule has 1 fully saturated rings. The zero-order valence-corrected chi connectivity index (χ0v) is 18.8. The summed E-state index contributed by atoms with van der Waals surface area (Å²) in [6.45, 7) is -0.410. The van der Waals surface area contributed by atoms with Crippen LogP contribution in [0.5, 0.6) is 5.75 Å². The Morgan fingerprint density at radius 2 is 2.00 bits per heavy atom. The lowest BCUT2D eigenvalue weighted by Gasteiger charge is -2.12. The van der Waals surface area contributed by atoms with E-state index in [4.69, 9.17) is 9.47 Å². The number of benzene rings is 2. The molecule has 4 rings (SSSR count). The van der Waals surface area contributed by atoms with Gasteiger partial charge in [0.1, 0.15) is 5.75 Å². The Morgan fingerprint density at radius 1 is 1.24 bits per heavy atom. The predicted molar refractivity (Wildman–Crippen MR) is 123 cm³/mol. The maximum Gasteiger partial charge on any atom is 0.311 e. The number of rotatable bonds is 8. The monoisotopic (exact) mass is 481 g/mol. The number of anilines is 1. The molecule has 0 bridgehead atoms. The number of amides is 1. The molecule has 10 nitrogen and oxygen atoms in total. The number of Topliss-reactive ketones (excluding diaryl/α,β-unsaturated/α-hetero) is 1. The van der Waals surface area contributed by atoms with Crippen molar-refractivity contribution in [2.24, 2.45) is 5.92 Å². The number of hydrogen-bond donors (Lipinski definition) is 0. The van der Waals surface area contributed by atoms with Crippen LogP contribution in [0.4, 0.5) is 10.8 Å². The number of esters is 1. The van der Waals surface area contributed by atoms with Gasteiger partial charge in [-0.05, 0) is 24.3 Å². The van der Waals surface area contributed by atoms with E-state index < -0.39 is 29.2 Å². The van der Waals surface area contributed by atoms with Gasteiger partial charge in [-0.2, -0.15) is 0 Å². The van der Waals surface area contributed by atoms with Crippen molar-refractivity contribution in [3.63, 3.8) is 0 Å². The summed E-state index contributed by atoms with van der Waals surface area (Å²) >= 11 is 1.29. The van der Waals surface area contributed by atoms with Crippen molar-refractivity contribution in [3.8, 4) is 17.0 Å². The smallest absolute Gasteiger partial charge is 0.311 e. The van der Waals surface area contributed by atoms with Gasteiger partial charge >= 0.3 is 5.97 Å². The minimum Gasteiger partial charge on any atom is -0.497 e. The normalized spacial score (nSPS) is 15.3. The number of nitro benzene ring substituents is 1. The molecular weight excluding hydrogens is 462 g/mol. The Morgan fingerprint density at radius 3 is 2.71 bits per heavy atom. The van der Waals surface area contributed by atoms with Crippen molar-refractivity contribution in [2.75, 3.05) is 25.2 Å². The van der Waals surface area contributed by atoms with E-state index in [0.29, 0.717) is 16.6 Å². The minimum atomic E-state index is -0.721. The van der Waals surface area contributed by atoms with E-state index in [0.717, 1.165) is 5.56 Å². The van der Waals surface area contributed by atoms with E-state index in [2.05, 4.69) is 4.98 Å². The van der Waals surface area contributed by atoms with Crippen LogP contribution in [0.1, 0.15) is 16.8 Å². The van der Waals surface area contributed by atoms with Gasteiger partial charge in [0, 0.05) is 41.6 Å². The number of non-ortho nitro benzene ring substituents is 1. The molecule has 1 atom stereocenters. The molecule has 1 aromatic heterocycles. The number of hydrogen-bond acceptors (Lipinski definition) is 9. The molecule has 0 radical (unpaired) electrons. The molecule has 0 unspecified atom stereocenters. The molecule has 0 spiro atoms. The van der Waals surface area contributed by atoms with E-state index in [9.17, 15) is 24.5 Å². The molecule has 0 saturated carbocycles. The second kappa shape index (κ2) is 9.79. The van der Waals surface area contributed by atoms with E-state index >= 15 is 0 Å². The third-order valence-electron chi connectivity index (χ3n) is 5.29. The van der Waals surface area contributed by atoms with Crippen LogP contribution in [0.25, 0.3) is 11.3 Å². The van der Waals surface area contributed by atoms with E-state index in [1.54, 1.807) is 7.11 Å². The topological polar surface area (TPSA) is 129 Å². The van der Waals surface area contributed by atoms with Gasteiger partial charge in [0.2, 0.25) is 5.91 Å². The van der Waals surface area contributed by atoms with Crippen LogP contribution in [0.15, 0.2) is 53.9 Å². The molecule has 34 heavy (non-hydrogen) atoms. The standard InChI is InChI=1S/C23H19N3O7S/c1-32-18-4-2-3-15(9-18)19-13-34-23(24-19)25-11-16(10-21(25)28)22(29)33-12-20(27)14-5-7-17(8-6-14)26(30)31/h2-9,13,16H,10-12H2,1H3/t16-/m0/s1. The number of nitro groups is 1. The van der Waals surface area contributed by atoms with Gasteiger partial charge < -0.3 is 9.47 Å². The SMILES string of the molecule is COc1cccc(-c2csc(N3C[C@@H](C(=O)OCC(=O)c4ccc([N+](=O)[O-])cc4)CC3=O)n2)c1. The zero-order valence-electron chi connectivity index (χ0n) is 18.0. The quantitative estimate of drug-likeness (QED) is 0.207. The summed E-state index contributed by atoms with van der Waals surface area (Å²) in [5.74, 6) is -1.44. The highest BCUT2D eigenvalue weighted by atomic mass is 32.1. The molecule has 2 aromatic carbocycles. The Labute approximate surface area is 197 Å². The Hall–Kier alpha value is -4.12. The van der Waals surface area contributed by atoms with E-state index in [1.807, 2.05) is 29.6 Å². The maximum absolute atomic E-state index is 12.5. The van der Waals surface area contributed by atoms with Crippen LogP contribution in [0.2, 0.25) is 0 Å². The fourth-order valence-electron chi connectivity index (χ4n) is 3.46. The van der Waals surface area contributed by atoms with Crippen molar-refractivity contribution >= 4 is 39.8 Å². The first-order valence-electron chi connectivity index (χ1n) is 10.2. The number of carbonyl (C=O) groups excluding carboxylic acids is 3. The highest BCUT2D eigenvalue weighted by molar-refractivity contribution is 7.14. The Bertz CT molecular complexity index is 1260. The molecule has 1 aliphatic rings. The Kier molecular flexibility index (Phi) is 6.64. The lowest BCUT2D eigenvalue weighted by molar-refractivity contribution is -0.384. The number of nitrogens with zero attached hydrogens (tertiary/aromatic N) is 3.